The molecule has 1 aromatic carbocycles. The van der Waals surface area contributed by atoms with Gasteiger partial charge in [0.25, 0.3) is 5.91 Å². The molecule has 0 atom stereocenters. The molecule has 6 nitrogen and oxygen atoms in total. The molecule has 0 bridgehead atoms. The fourth-order valence-electron chi connectivity index (χ4n) is 1.83. The van der Waals surface area contributed by atoms with Gasteiger partial charge < -0.3 is 0 Å². The molecule has 108 valence electrons. The first-order valence-corrected chi connectivity index (χ1v) is 6.76. The van der Waals surface area contributed by atoms with E-state index in [1.54, 1.807) is 0 Å². The second-order valence-electron chi connectivity index (χ2n) is 4.35. The molecule has 0 spiro atoms. The topological polar surface area (TPSA) is 80.1 Å². The number of benzene rings is 1. The quantitative estimate of drug-likeness (QED) is 0.458. The molecule has 7 heteroatoms. The summed E-state index contributed by atoms with van der Waals surface area (Å²) in [6.07, 6.45) is 5.72. The maximum atomic E-state index is 11.8. The first-order chi connectivity index (χ1) is 10.7. The summed E-state index contributed by atoms with van der Waals surface area (Å²) in [7, 11) is 0. The highest BCUT2D eigenvalue weighted by Gasteiger charge is 2.06. The molecule has 2 aromatic heterocycles. The third kappa shape index (κ3) is 3.07. The van der Waals surface area contributed by atoms with Gasteiger partial charge in [0.2, 0.25) is 0 Å². The van der Waals surface area contributed by atoms with Gasteiger partial charge in [-0.05, 0) is 12.1 Å². The highest BCUT2D eigenvalue weighted by molar-refractivity contribution is 6.32. The Morgan fingerprint density at radius 1 is 1.27 bits per heavy atom. The number of carbonyl (C=O) groups is 1. The van der Waals surface area contributed by atoms with Crippen molar-refractivity contribution in [2.24, 2.45) is 5.10 Å². The van der Waals surface area contributed by atoms with Crippen LogP contribution in [0.15, 0.2) is 54.0 Å². The number of aromatic nitrogens is 3. The van der Waals surface area contributed by atoms with Crippen LogP contribution in [0.4, 0.5) is 0 Å². The Balaban J connectivity index is 1.78. The fraction of sp³-hybridized carbons (Fsp3) is 0. The highest BCUT2D eigenvalue weighted by Crippen LogP contribution is 2.18. The van der Waals surface area contributed by atoms with Gasteiger partial charge in [-0.1, -0.05) is 29.8 Å². The Morgan fingerprint density at radius 2 is 2.14 bits per heavy atom. The number of para-hydroxylation sites is 1. The Morgan fingerprint density at radius 3 is 2.95 bits per heavy atom. The van der Waals surface area contributed by atoms with Crippen molar-refractivity contribution in [1.29, 1.82) is 0 Å². The number of amides is 1. The lowest BCUT2D eigenvalue weighted by Crippen LogP contribution is -2.19. The third-order valence-electron chi connectivity index (χ3n) is 2.87. The first-order valence-electron chi connectivity index (χ1n) is 6.39. The number of hydrazone groups is 1. The lowest BCUT2D eigenvalue weighted by molar-refractivity contribution is 0.0949. The Hall–Kier alpha value is -2.86. The van der Waals surface area contributed by atoms with E-state index in [2.05, 4.69) is 25.5 Å². The van der Waals surface area contributed by atoms with Crippen molar-refractivity contribution in [3.8, 4) is 0 Å². The minimum atomic E-state index is -0.450. The minimum absolute atomic E-state index is 0.183. The largest absolute Gasteiger partial charge is 0.291 e. The molecular weight excluding hydrogens is 302 g/mol. The van der Waals surface area contributed by atoms with Crippen molar-refractivity contribution in [2.45, 2.75) is 0 Å². The monoisotopic (exact) mass is 311 g/mol. The fourth-order valence-corrected chi connectivity index (χ4v) is 2.03. The van der Waals surface area contributed by atoms with Crippen LogP contribution in [0, 0.1) is 0 Å². The molecule has 0 saturated heterocycles. The van der Waals surface area contributed by atoms with Crippen LogP contribution in [0.1, 0.15) is 16.1 Å². The third-order valence-corrected chi connectivity index (χ3v) is 3.17. The molecule has 0 radical (unpaired) electrons. The van der Waals surface area contributed by atoms with Crippen LogP contribution < -0.4 is 5.43 Å². The summed E-state index contributed by atoms with van der Waals surface area (Å²) in [6.45, 7) is 0. The summed E-state index contributed by atoms with van der Waals surface area (Å²) in [4.78, 5) is 23.7. The lowest BCUT2D eigenvalue weighted by atomic mass is 10.2. The van der Waals surface area contributed by atoms with Crippen molar-refractivity contribution in [3.05, 3.63) is 65.3 Å². The van der Waals surface area contributed by atoms with E-state index in [1.807, 2.05) is 30.3 Å². The Kier molecular flexibility index (Phi) is 4.02. The van der Waals surface area contributed by atoms with Gasteiger partial charge in [0.05, 0.1) is 17.9 Å². The molecule has 0 fully saturated rings. The molecule has 2 heterocycles. The predicted molar refractivity (Wildman–Crippen MR) is 83.8 cm³/mol. The van der Waals surface area contributed by atoms with Crippen molar-refractivity contribution >= 4 is 34.6 Å². The standard InChI is InChI=1S/C15H10ClN5O/c16-14-11(7-10-3-1-2-4-12(10)20-14)8-19-21-15(22)13-9-17-5-6-18-13/h1-9H,(H,21,22)/b19-8-. The summed E-state index contributed by atoms with van der Waals surface area (Å²) in [6, 6.07) is 9.45. The van der Waals surface area contributed by atoms with Crippen molar-refractivity contribution < 1.29 is 4.79 Å². The predicted octanol–water partition coefficient (Wildman–Crippen LogP) is 2.44. The van der Waals surface area contributed by atoms with Crippen molar-refractivity contribution in [2.75, 3.05) is 0 Å². The van der Waals surface area contributed by atoms with Gasteiger partial charge in [0, 0.05) is 23.3 Å². The van der Waals surface area contributed by atoms with E-state index in [0.29, 0.717) is 10.7 Å². The lowest BCUT2D eigenvalue weighted by Gasteiger charge is -2.02. The molecular formula is C15H10ClN5O. The van der Waals surface area contributed by atoms with Crippen molar-refractivity contribution in [3.63, 3.8) is 0 Å². The van der Waals surface area contributed by atoms with Gasteiger partial charge in [-0.15, -0.1) is 0 Å². The van der Waals surface area contributed by atoms with Crippen LogP contribution in [-0.2, 0) is 0 Å². The molecule has 0 unspecified atom stereocenters. The van der Waals surface area contributed by atoms with E-state index in [1.165, 1.54) is 24.8 Å². The van der Waals surface area contributed by atoms with Gasteiger partial charge in [0.15, 0.2) is 0 Å². The number of fused-ring (bicyclic) bond motifs is 1. The second kappa shape index (κ2) is 6.28. The molecule has 0 aliphatic rings. The van der Waals surface area contributed by atoms with Crippen LogP contribution in [0.5, 0.6) is 0 Å². The van der Waals surface area contributed by atoms with Crippen LogP contribution >= 0.6 is 11.6 Å². The zero-order valence-electron chi connectivity index (χ0n) is 11.3. The smallest absolute Gasteiger partial charge is 0.265 e. The second-order valence-corrected chi connectivity index (χ2v) is 4.71. The van der Waals surface area contributed by atoms with Gasteiger partial charge >= 0.3 is 0 Å². The van der Waals surface area contributed by atoms with E-state index < -0.39 is 5.91 Å². The number of nitrogens with one attached hydrogen (secondary N) is 1. The van der Waals surface area contributed by atoms with Gasteiger partial charge in [-0.3, -0.25) is 9.78 Å². The van der Waals surface area contributed by atoms with Crippen LogP contribution in [-0.4, -0.2) is 27.1 Å². The number of hydrogen-bond donors (Lipinski definition) is 1. The summed E-state index contributed by atoms with van der Waals surface area (Å²) in [5.74, 6) is -0.450. The zero-order chi connectivity index (χ0) is 15.4. The summed E-state index contributed by atoms with van der Waals surface area (Å²) in [5.41, 5.74) is 3.96. The van der Waals surface area contributed by atoms with Gasteiger partial charge in [-0.2, -0.15) is 5.10 Å². The number of halogens is 1. The number of pyridine rings is 1. The maximum absolute atomic E-state index is 11.8. The van der Waals surface area contributed by atoms with E-state index in [0.717, 1.165) is 10.9 Å². The average molecular weight is 312 g/mol. The number of nitrogens with zero attached hydrogens (tertiary/aromatic N) is 4. The number of carbonyl (C=O) groups excluding carboxylic acids is 1. The maximum Gasteiger partial charge on any atom is 0.291 e. The van der Waals surface area contributed by atoms with Crippen LogP contribution in [0.25, 0.3) is 10.9 Å². The molecule has 0 aliphatic heterocycles. The average Bonchev–Trinajstić information content (AvgIpc) is 2.56. The number of hydrogen-bond acceptors (Lipinski definition) is 5. The summed E-state index contributed by atoms with van der Waals surface area (Å²) < 4.78 is 0. The molecule has 1 N–H and O–H groups in total. The first kappa shape index (κ1) is 14.1. The molecule has 3 rings (SSSR count). The van der Waals surface area contributed by atoms with E-state index in [4.69, 9.17) is 11.6 Å². The molecule has 1 amide bonds. The van der Waals surface area contributed by atoms with E-state index in [9.17, 15) is 4.79 Å². The van der Waals surface area contributed by atoms with E-state index >= 15 is 0 Å². The summed E-state index contributed by atoms with van der Waals surface area (Å²) in [5, 5.41) is 5.12. The Bertz CT molecular complexity index is 851. The van der Waals surface area contributed by atoms with Crippen LogP contribution in [0.2, 0.25) is 5.15 Å². The molecule has 22 heavy (non-hydrogen) atoms. The minimum Gasteiger partial charge on any atom is -0.265 e. The number of rotatable bonds is 3. The van der Waals surface area contributed by atoms with Gasteiger partial charge in [0.1, 0.15) is 10.8 Å². The normalized spacial score (nSPS) is 11.0. The molecule has 0 aliphatic carbocycles. The van der Waals surface area contributed by atoms with Crippen molar-refractivity contribution in [1.82, 2.24) is 20.4 Å². The highest BCUT2D eigenvalue weighted by atomic mass is 35.5. The van der Waals surface area contributed by atoms with E-state index in [-0.39, 0.29) is 5.69 Å². The Labute approximate surface area is 130 Å². The van der Waals surface area contributed by atoms with Crippen LogP contribution in [0.3, 0.4) is 0 Å². The molecule has 0 saturated carbocycles. The molecule has 3 aromatic rings. The zero-order valence-corrected chi connectivity index (χ0v) is 12.0. The SMILES string of the molecule is O=C(N/N=C\c1cc2ccccc2nc1Cl)c1cnccn1. The summed E-state index contributed by atoms with van der Waals surface area (Å²) >= 11 is 6.10. The van der Waals surface area contributed by atoms with Gasteiger partial charge in [-0.25, -0.2) is 15.4 Å².